The van der Waals surface area contributed by atoms with Crippen LogP contribution in [0, 0.1) is 0 Å². The van der Waals surface area contributed by atoms with Gasteiger partial charge in [0.15, 0.2) is 12.3 Å². The number of nitrogen functional groups attached to an aromatic ring is 1. The van der Waals surface area contributed by atoms with Crippen molar-refractivity contribution >= 4 is 34.2 Å². The lowest BCUT2D eigenvalue weighted by Crippen LogP contribution is -2.43. The van der Waals surface area contributed by atoms with Crippen LogP contribution in [-0.4, -0.2) is 39.7 Å². The first kappa shape index (κ1) is 26.5. The Bertz CT molecular complexity index is 1360. The molecule has 0 fully saturated rings. The number of ether oxygens (including phenoxy) is 1. The summed E-state index contributed by atoms with van der Waals surface area (Å²) < 4.78 is 6.45. The number of phenols is 1. The van der Waals surface area contributed by atoms with Crippen molar-refractivity contribution in [2.75, 3.05) is 23.8 Å². The second-order valence-corrected chi connectivity index (χ2v) is 8.51. The molecule has 3 rings (SSSR count). The van der Waals surface area contributed by atoms with Gasteiger partial charge in [0.25, 0.3) is 11.5 Å². The number of unbranched alkanes of at least 4 members (excludes halogenated alkanes) is 3. The highest BCUT2D eigenvalue weighted by Crippen LogP contribution is 2.29. The number of nitrogens with one attached hydrogen (secondary N) is 1. The summed E-state index contributed by atoms with van der Waals surface area (Å²) in [5.74, 6) is -1.90. The van der Waals surface area contributed by atoms with Crippen LogP contribution in [0.2, 0.25) is 0 Å². The molecule has 0 saturated heterocycles. The molecule has 0 aliphatic heterocycles. The highest BCUT2D eigenvalue weighted by Gasteiger charge is 2.25. The normalized spacial score (nSPS) is 10.9. The van der Waals surface area contributed by atoms with Crippen molar-refractivity contribution in [3.8, 4) is 5.75 Å². The van der Waals surface area contributed by atoms with Crippen LogP contribution >= 0.6 is 0 Å². The molecule has 192 valence electrons. The van der Waals surface area contributed by atoms with Crippen LogP contribution in [0.3, 0.4) is 0 Å². The molecule has 1 heterocycles. The van der Waals surface area contributed by atoms with E-state index in [0.717, 1.165) is 24.6 Å². The summed E-state index contributed by atoms with van der Waals surface area (Å²) in [4.78, 5) is 54.3. The average Bonchev–Trinajstić information content (AvgIpc) is 2.86. The Hall–Kier alpha value is -4.08. The van der Waals surface area contributed by atoms with Gasteiger partial charge in [0.2, 0.25) is 0 Å². The Morgan fingerprint density at radius 3 is 2.50 bits per heavy atom. The summed E-state index contributed by atoms with van der Waals surface area (Å²) in [6.45, 7) is 3.72. The lowest BCUT2D eigenvalue weighted by atomic mass is 10.1. The minimum Gasteiger partial charge on any atom is -0.506 e. The highest BCUT2D eigenvalue weighted by atomic mass is 16.5. The monoisotopic (exact) mass is 496 g/mol. The number of nitrogens with zero attached hydrogens (tertiary/aromatic N) is 2. The van der Waals surface area contributed by atoms with Crippen LogP contribution in [-0.2, 0) is 16.1 Å². The van der Waals surface area contributed by atoms with Gasteiger partial charge < -0.3 is 20.5 Å². The summed E-state index contributed by atoms with van der Waals surface area (Å²) in [5, 5.41) is 11.8. The average molecular weight is 497 g/mol. The number of anilines is 2. The lowest BCUT2D eigenvalue weighted by Gasteiger charge is -2.24. The van der Waals surface area contributed by atoms with Crippen molar-refractivity contribution in [2.24, 2.45) is 0 Å². The number of fused-ring (bicyclic) bond motifs is 1. The fourth-order valence-electron chi connectivity index (χ4n) is 3.96. The number of hydrogen-bond donors (Lipinski definition) is 3. The summed E-state index contributed by atoms with van der Waals surface area (Å²) in [7, 11) is 0. The van der Waals surface area contributed by atoms with Crippen LogP contribution in [0.1, 0.15) is 56.3 Å². The van der Waals surface area contributed by atoms with Gasteiger partial charge in [-0.1, -0.05) is 63.4 Å². The third-order valence-corrected chi connectivity index (χ3v) is 5.95. The van der Waals surface area contributed by atoms with Gasteiger partial charge in [-0.05, 0) is 24.3 Å². The molecule has 0 unspecified atom stereocenters. The molecule has 10 heteroatoms. The number of aromatic amines is 1. The molecule has 3 aromatic rings. The molecular formula is C26H32N4O6. The molecule has 0 aliphatic carbocycles. The number of amides is 1. The molecule has 0 bridgehead atoms. The van der Waals surface area contributed by atoms with E-state index in [-0.39, 0.29) is 35.9 Å². The number of aromatic nitrogens is 2. The Kier molecular flexibility index (Phi) is 8.88. The van der Waals surface area contributed by atoms with Crippen LogP contribution in [0.5, 0.6) is 5.75 Å². The van der Waals surface area contributed by atoms with Gasteiger partial charge in [0.1, 0.15) is 17.1 Å². The van der Waals surface area contributed by atoms with Gasteiger partial charge in [-0.2, -0.15) is 0 Å². The molecule has 2 aromatic carbocycles. The molecule has 1 aromatic heterocycles. The van der Waals surface area contributed by atoms with Gasteiger partial charge >= 0.3 is 11.7 Å². The van der Waals surface area contributed by atoms with Gasteiger partial charge in [0, 0.05) is 18.5 Å². The second kappa shape index (κ2) is 12.1. The topological polar surface area (TPSA) is 148 Å². The number of hydrogen-bond acceptors (Lipinski definition) is 7. The largest absolute Gasteiger partial charge is 0.506 e. The van der Waals surface area contributed by atoms with Crippen LogP contribution in [0.25, 0.3) is 10.8 Å². The number of carbonyl (C=O) groups excluding carboxylic acids is 2. The maximum atomic E-state index is 13.2. The Morgan fingerprint density at radius 1 is 1.06 bits per heavy atom. The third-order valence-electron chi connectivity index (χ3n) is 5.95. The van der Waals surface area contributed by atoms with E-state index in [2.05, 4.69) is 4.98 Å². The first-order valence-corrected chi connectivity index (χ1v) is 12.1. The maximum absolute atomic E-state index is 13.2. The first-order valence-electron chi connectivity index (χ1n) is 12.1. The fraction of sp³-hybridized carbons (Fsp3) is 0.385. The predicted octanol–water partition coefficient (Wildman–Crippen LogP) is 3.16. The van der Waals surface area contributed by atoms with Crippen molar-refractivity contribution in [2.45, 2.75) is 52.5 Å². The van der Waals surface area contributed by atoms with Crippen molar-refractivity contribution in [1.82, 2.24) is 9.55 Å². The number of H-pyrrole nitrogens is 1. The molecule has 0 aliphatic rings. The van der Waals surface area contributed by atoms with Gasteiger partial charge in [-0.3, -0.25) is 19.1 Å². The molecule has 10 nitrogen and oxygen atoms in total. The number of aromatic hydroxyl groups is 1. The molecular weight excluding hydrogens is 464 g/mol. The standard InChI is InChI=1S/C26H32N4O6/c1-3-5-9-15-29(21-23(27)30(14-6-4-2)26(35)28-24(21)33)20(31)16-36-25(34)19-13-12-17-10-7-8-11-18(17)22(19)32/h7-8,10-13,32H,3-6,9,14-16,27H2,1-2H3,(H,28,33,35). The Morgan fingerprint density at radius 2 is 1.78 bits per heavy atom. The quantitative estimate of drug-likeness (QED) is 0.273. The minimum absolute atomic E-state index is 0.0792. The van der Waals surface area contributed by atoms with E-state index >= 15 is 0 Å². The molecule has 1 amide bonds. The van der Waals surface area contributed by atoms with Crippen molar-refractivity contribution in [3.63, 3.8) is 0 Å². The van der Waals surface area contributed by atoms with E-state index in [1.165, 1.54) is 15.5 Å². The van der Waals surface area contributed by atoms with E-state index in [4.69, 9.17) is 10.5 Å². The molecule has 0 saturated carbocycles. The Balaban J connectivity index is 1.87. The first-order chi connectivity index (χ1) is 17.3. The van der Waals surface area contributed by atoms with Crippen LogP contribution in [0.4, 0.5) is 11.5 Å². The van der Waals surface area contributed by atoms with Gasteiger partial charge in [-0.15, -0.1) is 0 Å². The van der Waals surface area contributed by atoms with E-state index in [9.17, 15) is 24.3 Å². The van der Waals surface area contributed by atoms with Crippen LogP contribution < -0.4 is 21.9 Å². The SMILES string of the molecule is CCCCCN(C(=O)COC(=O)c1ccc2ccccc2c1O)c1c(N)n(CCCC)c(=O)[nH]c1=O. The fourth-order valence-corrected chi connectivity index (χ4v) is 3.96. The zero-order chi connectivity index (χ0) is 26.2. The zero-order valence-corrected chi connectivity index (χ0v) is 20.6. The predicted molar refractivity (Wildman–Crippen MR) is 138 cm³/mol. The summed E-state index contributed by atoms with van der Waals surface area (Å²) in [5.41, 5.74) is 4.55. The summed E-state index contributed by atoms with van der Waals surface area (Å²) >= 11 is 0. The summed E-state index contributed by atoms with van der Waals surface area (Å²) in [6, 6.07) is 10.1. The number of carbonyl (C=O) groups is 2. The molecule has 36 heavy (non-hydrogen) atoms. The smallest absolute Gasteiger partial charge is 0.342 e. The number of benzene rings is 2. The number of nitrogens with two attached hydrogens (primary N) is 1. The molecule has 0 radical (unpaired) electrons. The van der Waals surface area contributed by atoms with Crippen molar-refractivity contribution in [1.29, 1.82) is 0 Å². The van der Waals surface area contributed by atoms with E-state index in [0.29, 0.717) is 18.2 Å². The minimum atomic E-state index is -0.880. The molecule has 0 spiro atoms. The maximum Gasteiger partial charge on any atom is 0.342 e. The second-order valence-electron chi connectivity index (χ2n) is 8.51. The number of esters is 1. The zero-order valence-electron chi connectivity index (χ0n) is 20.6. The highest BCUT2D eigenvalue weighted by molar-refractivity contribution is 6.03. The van der Waals surface area contributed by atoms with Crippen LogP contribution in [0.15, 0.2) is 46.0 Å². The van der Waals surface area contributed by atoms with Crippen molar-refractivity contribution in [3.05, 3.63) is 62.8 Å². The van der Waals surface area contributed by atoms with Crippen molar-refractivity contribution < 1.29 is 19.4 Å². The van der Waals surface area contributed by atoms with E-state index < -0.39 is 29.7 Å². The van der Waals surface area contributed by atoms with E-state index in [1.54, 1.807) is 24.3 Å². The molecule has 4 N–H and O–H groups in total. The van der Waals surface area contributed by atoms with E-state index in [1.807, 2.05) is 19.9 Å². The number of rotatable bonds is 11. The van der Waals surface area contributed by atoms with Gasteiger partial charge in [0.05, 0.1) is 0 Å². The van der Waals surface area contributed by atoms with Gasteiger partial charge in [-0.25, -0.2) is 9.59 Å². The third kappa shape index (κ3) is 5.76. The number of phenolic OH excluding ortho intramolecular Hbond substituents is 1. The summed E-state index contributed by atoms with van der Waals surface area (Å²) in [6.07, 6.45) is 3.71. The molecule has 0 atom stereocenters. The Labute approximate surface area is 208 Å². The lowest BCUT2D eigenvalue weighted by molar-refractivity contribution is -0.121.